The van der Waals surface area contributed by atoms with E-state index in [1.807, 2.05) is 12.4 Å². The first-order chi connectivity index (χ1) is 9.93. The van der Waals surface area contributed by atoms with Crippen molar-refractivity contribution >= 4 is 0 Å². The van der Waals surface area contributed by atoms with E-state index in [0.717, 1.165) is 6.42 Å². The van der Waals surface area contributed by atoms with Crippen LogP contribution < -0.4 is 0 Å². The molecule has 0 N–H and O–H groups in total. The molecule has 1 atom stereocenters. The van der Waals surface area contributed by atoms with E-state index in [9.17, 15) is 0 Å². The molecule has 20 heavy (non-hydrogen) atoms. The van der Waals surface area contributed by atoms with E-state index in [1.54, 1.807) is 0 Å². The number of pyridine rings is 1. The first-order valence-corrected chi connectivity index (χ1v) is 6.92. The molecule has 1 heteroatoms. The van der Waals surface area contributed by atoms with Gasteiger partial charge in [-0.1, -0.05) is 60.7 Å². The lowest BCUT2D eigenvalue weighted by Crippen LogP contribution is -2.05. The molecule has 0 aliphatic heterocycles. The number of benzene rings is 2. The first-order valence-electron chi connectivity index (χ1n) is 6.92. The van der Waals surface area contributed by atoms with Gasteiger partial charge in [-0.3, -0.25) is 4.98 Å². The molecule has 0 aliphatic carbocycles. The van der Waals surface area contributed by atoms with E-state index in [1.165, 1.54) is 16.7 Å². The van der Waals surface area contributed by atoms with Gasteiger partial charge >= 0.3 is 0 Å². The number of nitrogens with zero attached hydrogens (tertiary/aromatic N) is 1. The Morgan fingerprint density at radius 1 is 0.650 bits per heavy atom. The minimum Gasteiger partial charge on any atom is -0.265 e. The van der Waals surface area contributed by atoms with Gasteiger partial charge < -0.3 is 0 Å². The molecule has 2 aromatic carbocycles. The maximum atomic E-state index is 4.13. The zero-order valence-corrected chi connectivity index (χ0v) is 11.3. The lowest BCUT2D eigenvalue weighted by molar-refractivity contribution is 0.803. The minimum atomic E-state index is 0.376. The van der Waals surface area contributed by atoms with Gasteiger partial charge in [-0.15, -0.1) is 0 Å². The monoisotopic (exact) mass is 259 g/mol. The predicted molar refractivity (Wildman–Crippen MR) is 82.7 cm³/mol. The van der Waals surface area contributed by atoms with Crippen molar-refractivity contribution in [1.82, 2.24) is 4.98 Å². The number of rotatable bonds is 4. The SMILES string of the molecule is c1ccc(C[C@H](c2ccccc2)c2ccncc2)cc1. The summed E-state index contributed by atoms with van der Waals surface area (Å²) in [5, 5.41) is 0. The van der Waals surface area contributed by atoms with Crippen LogP contribution in [0.2, 0.25) is 0 Å². The summed E-state index contributed by atoms with van der Waals surface area (Å²) in [7, 11) is 0. The van der Waals surface area contributed by atoms with Crippen LogP contribution in [0, 0.1) is 0 Å². The second-order valence-electron chi connectivity index (χ2n) is 4.93. The Morgan fingerprint density at radius 3 is 1.85 bits per heavy atom. The van der Waals surface area contributed by atoms with Crippen molar-refractivity contribution in [3.05, 3.63) is 102 Å². The number of aromatic nitrogens is 1. The maximum Gasteiger partial charge on any atom is 0.0270 e. The lowest BCUT2D eigenvalue weighted by atomic mass is 9.86. The maximum absolute atomic E-state index is 4.13. The molecule has 1 aromatic heterocycles. The molecule has 0 unspecified atom stereocenters. The molecule has 0 bridgehead atoms. The molecule has 98 valence electrons. The van der Waals surface area contributed by atoms with E-state index in [4.69, 9.17) is 0 Å². The summed E-state index contributed by atoms with van der Waals surface area (Å²) in [5.41, 5.74) is 4.02. The van der Waals surface area contributed by atoms with Crippen LogP contribution in [0.1, 0.15) is 22.6 Å². The van der Waals surface area contributed by atoms with E-state index < -0.39 is 0 Å². The summed E-state index contributed by atoms with van der Waals surface area (Å²) in [6, 6.07) is 25.6. The average molecular weight is 259 g/mol. The normalized spacial score (nSPS) is 12.0. The fourth-order valence-electron chi connectivity index (χ4n) is 2.56. The molecule has 0 fully saturated rings. The Hall–Kier alpha value is -2.41. The molecule has 0 saturated heterocycles. The van der Waals surface area contributed by atoms with Crippen LogP contribution in [0.4, 0.5) is 0 Å². The largest absolute Gasteiger partial charge is 0.265 e. The topological polar surface area (TPSA) is 12.9 Å². The fraction of sp³-hybridized carbons (Fsp3) is 0.105. The fourth-order valence-corrected chi connectivity index (χ4v) is 2.56. The van der Waals surface area contributed by atoms with Crippen LogP contribution >= 0.6 is 0 Å². The zero-order valence-electron chi connectivity index (χ0n) is 11.3. The van der Waals surface area contributed by atoms with Crippen molar-refractivity contribution in [3.8, 4) is 0 Å². The predicted octanol–water partition coefficient (Wildman–Crippen LogP) is 4.46. The molecular formula is C19H17N. The third-order valence-electron chi connectivity index (χ3n) is 3.59. The van der Waals surface area contributed by atoms with Crippen molar-refractivity contribution < 1.29 is 0 Å². The average Bonchev–Trinajstić information content (AvgIpc) is 2.55. The van der Waals surface area contributed by atoms with E-state index in [0.29, 0.717) is 5.92 Å². The van der Waals surface area contributed by atoms with Gasteiger partial charge in [0.05, 0.1) is 0 Å². The van der Waals surface area contributed by atoms with Crippen LogP contribution in [-0.4, -0.2) is 4.98 Å². The standard InChI is InChI=1S/C19H17N/c1-3-7-16(8-4-1)15-19(17-9-5-2-6-10-17)18-11-13-20-14-12-18/h1-14,19H,15H2/t19-/m1/s1. The van der Waals surface area contributed by atoms with Crippen LogP contribution in [0.3, 0.4) is 0 Å². The van der Waals surface area contributed by atoms with Crippen molar-refractivity contribution in [3.63, 3.8) is 0 Å². The molecule has 1 heterocycles. The molecule has 1 nitrogen and oxygen atoms in total. The summed E-state index contributed by atoms with van der Waals surface area (Å²) in [6.07, 6.45) is 4.75. The Kier molecular flexibility index (Phi) is 3.88. The third kappa shape index (κ3) is 2.94. The molecule has 3 rings (SSSR count). The van der Waals surface area contributed by atoms with Crippen LogP contribution in [0.5, 0.6) is 0 Å². The highest BCUT2D eigenvalue weighted by Crippen LogP contribution is 2.27. The van der Waals surface area contributed by atoms with Crippen LogP contribution in [0.15, 0.2) is 85.2 Å². The lowest BCUT2D eigenvalue weighted by Gasteiger charge is -2.18. The highest BCUT2D eigenvalue weighted by Gasteiger charge is 2.14. The van der Waals surface area contributed by atoms with Gasteiger partial charge in [0.15, 0.2) is 0 Å². The molecule has 3 aromatic rings. The van der Waals surface area contributed by atoms with Gasteiger partial charge in [-0.2, -0.15) is 0 Å². The minimum absolute atomic E-state index is 0.376. The molecule has 0 spiro atoms. The Morgan fingerprint density at radius 2 is 1.20 bits per heavy atom. The third-order valence-corrected chi connectivity index (χ3v) is 3.59. The van der Waals surface area contributed by atoms with Gasteiger partial charge in [0.25, 0.3) is 0 Å². The summed E-state index contributed by atoms with van der Waals surface area (Å²) < 4.78 is 0. The van der Waals surface area contributed by atoms with Gasteiger partial charge in [-0.05, 0) is 35.2 Å². The highest BCUT2D eigenvalue weighted by molar-refractivity contribution is 5.34. The first kappa shape index (κ1) is 12.6. The Labute approximate surface area is 119 Å². The van der Waals surface area contributed by atoms with Gasteiger partial charge in [0.2, 0.25) is 0 Å². The quantitative estimate of drug-likeness (QED) is 0.674. The number of hydrogen-bond acceptors (Lipinski definition) is 1. The number of hydrogen-bond donors (Lipinski definition) is 0. The summed E-state index contributed by atoms with van der Waals surface area (Å²) in [5.74, 6) is 0.376. The van der Waals surface area contributed by atoms with E-state index in [2.05, 4.69) is 77.8 Å². The van der Waals surface area contributed by atoms with Crippen molar-refractivity contribution in [2.45, 2.75) is 12.3 Å². The van der Waals surface area contributed by atoms with Gasteiger partial charge in [0, 0.05) is 18.3 Å². The highest BCUT2D eigenvalue weighted by atomic mass is 14.6. The molecule has 0 aliphatic rings. The van der Waals surface area contributed by atoms with E-state index >= 15 is 0 Å². The molecule has 0 radical (unpaired) electrons. The Balaban J connectivity index is 1.96. The van der Waals surface area contributed by atoms with Gasteiger partial charge in [0.1, 0.15) is 0 Å². The summed E-state index contributed by atoms with van der Waals surface area (Å²) in [4.78, 5) is 4.13. The summed E-state index contributed by atoms with van der Waals surface area (Å²) >= 11 is 0. The van der Waals surface area contributed by atoms with Crippen molar-refractivity contribution in [2.75, 3.05) is 0 Å². The van der Waals surface area contributed by atoms with Crippen LogP contribution in [0.25, 0.3) is 0 Å². The molecule has 0 saturated carbocycles. The summed E-state index contributed by atoms with van der Waals surface area (Å²) in [6.45, 7) is 0. The molecule has 0 amide bonds. The van der Waals surface area contributed by atoms with Crippen LogP contribution in [-0.2, 0) is 6.42 Å². The van der Waals surface area contributed by atoms with Crippen molar-refractivity contribution in [2.24, 2.45) is 0 Å². The smallest absolute Gasteiger partial charge is 0.0270 e. The van der Waals surface area contributed by atoms with Crippen molar-refractivity contribution in [1.29, 1.82) is 0 Å². The second kappa shape index (κ2) is 6.16. The molecular weight excluding hydrogens is 242 g/mol. The van der Waals surface area contributed by atoms with E-state index in [-0.39, 0.29) is 0 Å². The Bertz CT molecular complexity index is 593. The zero-order chi connectivity index (χ0) is 13.6. The second-order valence-corrected chi connectivity index (χ2v) is 4.93. The van der Waals surface area contributed by atoms with Gasteiger partial charge in [-0.25, -0.2) is 0 Å².